The summed E-state index contributed by atoms with van der Waals surface area (Å²) in [5.74, 6) is -0.236. The van der Waals surface area contributed by atoms with Crippen LogP contribution in [0.25, 0.3) is 0 Å². The molecule has 2 heterocycles. The van der Waals surface area contributed by atoms with Crippen molar-refractivity contribution in [3.8, 4) is 5.75 Å². The summed E-state index contributed by atoms with van der Waals surface area (Å²) in [5.41, 5.74) is 0.277. The largest absolute Gasteiger partial charge is 0.484 e. The number of pyridine rings is 1. The highest BCUT2D eigenvalue weighted by molar-refractivity contribution is 6.31. The number of aromatic nitrogens is 1. The van der Waals surface area contributed by atoms with E-state index in [0.717, 1.165) is 6.42 Å². The Morgan fingerprint density at radius 3 is 3.12 bits per heavy atom. The lowest BCUT2D eigenvalue weighted by atomic mass is 10.2. The quantitative estimate of drug-likeness (QED) is 0.609. The molecule has 0 aromatic carbocycles. The van der Waals surface area contributed by atoms with Crippen LogP contribution in [0.1, 0.15) is 16.8 Å². The maximum atomic E-state index is 11.5. The number of methoxy groups -OCH3 is 1. The van der Waals surface area contributed by atoms with Gasteiger partial charge in [0.05, 0.1) is 20.3 Å². The summed E-state index contributed by atoms with van der Waals surface area (Å²) in [7, 11) is 1.30. The minimum atomic E-state index is -0.497. The maximum absolute atomic E-state index is 11.5. The zero-order valence-corrected chi connectivity index (χ0v) is 10.1. The minimum Gasteiger partial charge on any atom is -0.484 e. The van der Waals surface area contributed by atoms with Crippen LogP contribution < -0.4 is 4.74 Å². The molecular formula is C11H12ClNO4. The van der Waals surface area contributed by atoms with Crippen molar-refractivity contribution in [1.82, 2.24) is 4.98 Å². The summed E-state index contributed by atoms with van der Waals surface area (Å²) >= 11 is 5.92. The summed E-state index contributed by atoms with van der Waals surface area (Å²) in [6.45, 7) is 1.14. The predicted octanol–water partition coefficient (Wildman–Crippen LogP) is 1.69. The van der Waals surface area contributed by atoms with Gasteiger partial charge in [-0.3, -0.25) is 0 Å². The molecule has 0 aliphatic carbocycles. The number of halogens is 1. The Morgan fingerprint density at radius 2 is 2.47 bits per heavy atom. The highest BCUT2D eigenvalue weighted by Crippen LogP contribution is 2.29. The van der Waals surface area contributed by atoms with Crippen LogP contribution in [-0.2, 0) is 9.47 Å². The predicted molar refractivity (Wildman–Crippen MR) is 60.4 cm³/mol. The zero-order chi connectivity index (χ0) is 12.3. The van der Waals surface area contributed by atoms with Gasteiger partial charge in [-0.05, 0) is 6.07 Å². The summed E-state index contributed by atoms with van der Waals surface area (Å²) in [6.07, 6.45) is 2.11. The molecule has 0 bridgehead atoms. The maximum Gasteiger partial charge on any atom is 0.341 e. The molecule has 1 aromatic rings. The van der Waals surface area contributed by atoms with Gasteiger partial charge in [0.15, 0.2) is 10.9 Å². The van der Waals surface area contributed by atoms with Crippen molar-refractivity contribution in [2.45, 2.75) is 12.5 Å². The molecule has 2 rings (SSSR count). The molecule has 0 saturated carbocycles. The first kappa shape index (κ1) is 12.1. The molecule has 6 heteroatoms. The average Bonchev–Trinajstić information content (AvgIpc) is 2.83. The van der Waals surface area contributed by atoms with E-state index in [0.29, 0.717) is 13.2 Å². The van der Waals surface area contributed by atoms with Gasteiger partial charge in [-0.25, -0.2) is 9.78 Å². The lowest BCUT2D eigenvalue weighted by Crippen LogP contribution is -2.18. The summed E-state index contributed by atoms with van der Waals surface area (Å²) < 4.78 is 15.5. The summed E-state index contributed by atoms with van der Waals surface area (Å²) in [5, 5.41) is 0.153. The fraction of sp³-hybridized carbons (Fsp3) is 0.455. The van der Waals surface area contributed by atoms with Crippen molar-refractivity contribution >= 4 is 17.6 Å². The molecule has 1 fully saturated rings. The van der Waals surface area contributed by atoms with E-state index in [9.17, 15) is 4.79 Å². The summed E-state index contributed by atoms with van der Waals surface area (Å²) in [4.78, 5) is 15.4. The highest BCUT2D eigenvalue weighted by Gasteiger charge is 2.23. The van der Waals surface area contributed by atoms with E-state index in [4.69, 9.17) is 21.1 Å². The molecule has 5 nitrogen and oxygen atoms in total. The van der Waals surface area contributed by atoms with E-state index in [1.165, 1.54) is 19.4 Å². The van der Waals surface area contributed by atoms with E-state index in [2.05, 4.69) is 9.72 Å². The van der Waals surface area contributed by atoms with Crippen LogP contribution in [0.2, 0.25) is 5.15 Å². The number of carbonyl (C=O) groups excluding carboxylic acids is 1. The molecular weight excluding hydrogens is 246 g/mol. The first-order valence-corrected chi connectivity index (χ1v) is 5.57. The Kier molecular flexibility index (Phi) is 3.81. The van der Waals surface area contributed by atoms with E-state index < -0.39 is 5.97 Å². The van der Waals surface area contributed by atoms with Gasteiger partial charge in [0.25, 0.3) is 0 Å². The van der Waals surface area contributed by atoms with Crippen molar-refractivity contribution in [3.63, 3.8) is 0 Å². The standard InChI is InChI=1S/C11H12ClNO4/c1-15-11(14)8-2-4-13-10(12)9(8)17-7-3-5-16-6-7/h2,4,7H,3,5-6H2,1H3/t7-/m0/s1. The SMILES string of the molecule is COC(=O)c1ccnc(Cl)c1O[C@H]1CCOC1. The number of rotatable bonds is 3. The Bertz CT molecular complexity index is 418. The molecule has 0 spiro atoms. The molecule has 92 valence electrons. The Labute approximate surface area is 104 Å². The minimum absolute atomic E-state index is 0.0971. The van der Waals surface area contributed by atoms with Gasteiger partial charge in [-0.15, -0.1) is 0 Å². The lowest BCUT2D eigenvalue weighted by Gasteiger charge is -2.15. The topological polar surface area (TPSA) is 57.7 Å². The van der Waals surface area contributed by atoms with Gasteiger partial charge in [0.1, 0.15) is 11.7 Å². The smallest absolute Gasteiger partial charge is 0.341 e. The number of esters is 1. The van der Waals surface area contributed by atoms with Crippen LogP contribution >= 0.6 is 11.6 Å². The van der Waals surface area contributed by atoms with E-state index in [-0.39, 0.29) is 22.6 Å². The molecule has 17 heavy (non-hydrogen) atoms. The summed E-state index contributed by atoms with van der Waals surface area (Å²) in [6, 6.07) is 1.52. The average molecular weight is 258 g/mol. The second-order valence-electron chi connectivity index (χ2n) is 3.57. The second kappa shape index (κ2) is 5.33. The Balaban J connectivity index is 2.26. The number of hydrogen-bond donors (Lipinski definition) is 0. The Morgan fingerprint density at radius 1 is 1.65 bits per heavy atom. The lowest BCUT2D eigenvalue weighted by molar-refractivity contribution is 0.0591. The van der Waals surface area contributed by atoms with Crippen LogP contribution in [0.3, 0.4) is 0 Å². The van der Waals surface area contributed by atoms with Crippen LogP contribution in [0.5, 0.6) is 5.75 Å². The fourth-order valence-corrected chi connectivity index (χ4v) is 1.78. The van der Waals surface area contributed by atoms with E-state index >= 15 is 0 Å². The van der Waals surface area contributed by atoms with Crippen LogP contribution in [0.15, 0.2) is 12.3 Å². The molecule has 0 amide bonds. The van der Waals surface area contributed by atoms with Crippen molar-refractivity contribution < 1.29 is 19.0 Å². The van der Waals surface area contributed by atoms with Crippen molar-refractivity contribution in [2.24, 2.45) is 0 Å². The normalized spacial score (nSPS) is 19.1. The van der Waals surface area contributed by atoms with E-state index in [1.807, 2.05) is 0 Å². The molecule has 1 saturated heterocycles. The zero-order valence-electron chi connectivity index (χ0n) is 9.31. The monoisotopic (exact) mass is 257 g/mol. The highest BCUT2D eigenvalue weighted by atomic mass is 35.5. The van der Waals surface area contributed by atoms with Crippen molar-refractivity contribution in [1.29, 1.82) is 0 Å². The van der Waals surface area contributed by atoms with Gasteiger partial charge < -0.3 is 14.2 Å². The molecule has 1 atom stereocenters. The van der Waals surface area contributed by atoms with Crippen molar-refractivity contribution in [2.75, 3.05) is 20.3 Å². The number of carbonyl (C=O) groups is 1. The molecule has 0 radical (unpaired) electrons. The van der Waals surface area contributed by atoms with Gasteiger partial charge >= 0.3 is 5.97 Å². The molecule has 1 aromatic heterocycles. The number of hydrogen-bond acceptors (Lipinski definition) is 5. The Hall–Kier alpha value is -1.33. The van der Waals surface area contributed by atoms with Gasteiger partial charge in [-0.1, -0.05) is 11.6 Å². The van der Waals surface area contributed by atoms with E-state index in [1.54, 1.807) is 0 Å². The van der Waals surface area contributed by atoms with Crippen LogP contribution in [-0.4, -0.2) is 37.4 Å². The van der Waals surface area contributed by atoms with Crippen LogP contribution in [0.4, 0.5) is 0 Å². The van der Waals surface area contributed by atoms with Gasteiger partial charge in [0, 0.05) is 12.6 Å². The number of ether oxygens (including phenoxy) is 3. The molecule has 1 aliphatic heterocycles. The molecule has 0 unspecified atom stereocenters. The first-order chi connectivity index (χ1) is 8.22. The number of nitrogens with zero attached hydrogens (tertiary/aromatic N) is 1. The third-order valence-electron chi connectivity index (χ3n) is 2.44. The van der Waals surface area contributed by atoms with Crippen LogP contribution in [0, 0.1) is 0 Å². The molecule has 1 aliphatic rings. The third kappa shape index (κ3) is 2.68. The fourth-order valence-electron chi connectivity index (χ4n) is 1.58. The third-order valence-corrected chi connectivity index (χ3v) is 2.71. The van der Waals surface area contributed by atoms with Gasteiger partial charge in [0.2, 0.25) is 0 Å². The van der Waals surface area contributed by atoms with Gasteiger partial charge in [-0.2, -0.15) is 0 Å². The first-order valence-electron chi connectivity index (χ1n) is 5.19. The second-order valence-corrected chi connectivity index (χ2v) is 3.93. The molecule has 0 N–H and O–H groups in total. The van der Waals surface area contributed by atoms with Crippen molar-refractivity contribution in [3.05, 3.63) is 23.0 Å².